The highest BCUT2D eigenvalue weighted by atomic mass is 35.5. The lowest BCUT2D eigenvalue weighted by molar-refractivity contribution is -0.385. The first kappa shape index (κ1) is 16.5. The zero-order chi connectivity index (χ0) is 16.4. The number of nitro groups is 1. The molecule has 0 aromatic heterocycles. The quantitative estimate of drug-likeness (QED) is 0.293. The summed E-state index contributed by atoms with van der Waals surface area (Å²) in [6, 6.07) is 2.38. The standard InChI is InChI=1S/C13H9ClN2O4S2/c1-2-3-15-12(18)10(22-13(15)21)5-7-4-8(14)6-9(11(7)17)16(19)20/h2,4-6,17H,1,3H2/b10-5+. The first-order chi connectivity index (χ1) is 10.3. The predicted molar refractivity (Wildman–Crippen MR) is 89.8 cm³/mol. The number of halogens is 1. The van der Waals surface area contributed by atoms with Crippen LogP contribution in [0.3, 0.4) is 0 Å². The fourth-order valence-corrected chi connectivity index (χ4v) is 3.27. The number of hydrogen-bond acceptors (Lipinski definition) is 6. The molecule has 114 valence electrons. The van der Waals surface area contributed by atoms with Gasteiger partial charge in [-0.3, -0.25) is 19.8 Å². The van der Waals surface area contributed by atoms with Crippen LogP contribution < -0.4 is 0 Å². The van der Waals surface area contributed by atoms with Crippen molar-refractivity contribution in [3.05, 3.63) is 50.4 Å². The number of benzene rings is 1. The van der Waals surface area contributed by atoms with Crippen molar-refractivity contribution < 1.29 is 14.8 Å². The topological polar surface area (TPSA) is 83.7 Å². The number of aromatic hydroxyl groups is 1. The molecule has 1 heterocycles. The van der Waals surface area contributed by atoms with Crippen molar-refractivity contribution in [1.29, 1.82) is 0 Å². The third-order valence-electron chi connectivity index (χ3n) is 2.75. The maximum absolute atomic E-state index is 12.2. The second kappa shape index (κ2) is 6.47. The molecule has 1 fully saturated rings. The Labute approximate surface area is 140 Å². The second-order valence-corrected chi connectivity index (χ2v) is 6.31. The number of nitrogens with zero attached hydrogens (tertiary/aromatic N) is 2. The van der Waals surface area contributed by atoms with E-state index in [2.05, 4.69) is 6.58 Å². The lowest BCUT2D eigenvalue weighted by Crippen LogP contribution is -2.27. The van der Waals surface area contributed by atoms with E-state index < -0.39 is 16.4 Å². The molecule has 6 nitrogen and oxygen atoms in total. The van der Waals surface area contributed by atoms with Crippen molar-refractivity contribution in [3.63, 3.8) is 0 Å². The van der Waals surface area contributed by atoms with E-state index in [1.807, 2.05) is 0 Å². The van der Waals surface area contributed by atoms with Gasteiger partial charge in [0.15, 0.2) is 0 Å². The van der Waals surface area contributed by atoms with E-state index in [0.29, 0.717) is 4.32 Å². The van der Waals surface area contributed by atoms with Gasteiger partial charge in [-0.1, -0.05) is 41.7 Å². The molecule has 0 saturated carbocycles. The number of hydrogen-bond donors (Lipinski definition) is 1. The van der Waals surface area contributed by atoms with Crippen LogP contribution in [-0.2, 0) is 4.79 Å². The Balaban J connectivity index is 2.46. The summed E-state index contributed by atoms with van der Waals surface area (Å²) in [5.74, 6) is -0.902. The minimum atomic E-state index is -0.749. The summed E-state index contributed by atoms with van der Waals surface area (Å²) in [5, 5.41) is 20.9. The summed E-state index contributed by atoms with van der Waals surface area (Å²) in [4.78, 5) is 23.9. The Kier molecular flexibility index (Phi) is 4.84. The van der Waals surface area contributed by atoms with Crippen LogP contribution in [0.4, 0.5) is 5.69 Å². The Morgan fingerprint density at radius 1 is 1.55 bits per heavy atom. The van der Waals surface area contributed by atoms with Gasteiger partial charge in [-0.2, -0.15) is 0 Å². The van der Waals surface area contributed by atoms with Crippen LogP contribution in [0.1, 0.15) is 5.56 Å². The summed E-state index contributed by atoms with van der Waals surface area (Å²) in [6.07, 6.45) is 2.87. The van der Waals surface area contributed by atoms with Crippen LogP contribution in [0.5, 0.6) is 5.75 Å². The van der Waals surface area contributed by atoms with Crippen molar-refractivity contribution in [2.75, 3.05) is 6.54 Å². The fourth-order valence-electron chi connectivity index (χ4n) is 1.78. The maximum atomic E-state index is 12.2. The highest BCUT2D eigenvalue weighted by Gasteiger charge is 2.31. The average molecular weight is 357 g/mol. The van der Waals surface area contributed by atoms with E-state index in [-0.39, 0.29) is 27.9 Å². The van der Waals surface area contributed by atoms with Crippen LogP contribution >= 0.6 is 35.6 Å². The Bertz CT molecular complexity index is 733. The molecule has 0 spiro atoms. The van der Waals surface area contributed by atoms with Crippen molar-refractivity contribution in [3.8, 4) is 5.75 Å². The number of carbonyl (C=O) groups is 1. The van der Waals surface area contributed by atoms with Gasteiger partial charge in [-0.05, 0) is 12.1 Å². The zero-order valence-corrected chi connectivity index (χ0v) is 13.4. The van der Waals surface area contributed by atoms with Crippen molar-refractivity contribution in [2.45, 2.75) is 0 Å². The number of carbonyl (C=O) groups excluding carboxylic acids is 1. The highest BCUT2D eigenvalue weighted by Crippen LogP contribution is 2.38. The monoisotopic (exact) mass is 356 g/mol. The number of thioether (sulfide) groups is 1. The van der Waals surface area contributed by atoms with Crippen LogP contribution in [-0.4, -0.2) is 31.7 Å². The molecule has 0 radical (unpaired) electrons. The first-order valence-corrected chi connectivity index (χ1v) is 7.48. The summed E-state index contributed by atoms with van der Waals surface area (Å²) in [6.45, 7) is 3.81. The smallest absolute Gasteiger partial charge is 0.312 e. The summed E-state index contributed by atoms with van der Waals surface area (Å²) in [5.41, 5.74) is -0.446. The molecule has 1 aromatic carbocycles. The Hall–Kier alpha value is -1.90. The van der Waals surface area contributed by atoms with Gasteiger partial charge in [0, 0.05) is 23.2 Å². The van der Waals surface area contributed by atoms with Gasteiger partial charge in [0.05, 0.1) is 9.83 Å². The Morgan fingerprint density at radius 3 is 2.82 bits per heavy atom. The largest absolute Gasteiger partial charge is 0.502 e. The van der Waals surface area contributed by atoms with Gasteiger partial charge in [0.1, 0.15) is 4.32 Å². The number of rotatable bonds is 4. The van der Waals surface area contributed by atoms with Crippen molar-refractivity contribution in [1.82, 2.24) is 4.90 Å². The molecule has 1 aliphatic rings. The molecule has 0 unspecified atom stereocenters. The molecule has 1 N–H and O–H groups in total. The molecule has 1 amide bonds. The van der Waals surface area contributed by atoms with E-state index in [1.54, 1.807) is 0 Å². The zero-order valence-electron chi connectivity index (χ0n) is 11.0. The third kappa shape index (κ3) is 3.13. The first-order valence-electron chi connectivity index (χ1n) is 5.88. The molecule has 0 atom stereocenters. The lowest BCUT2D eigenvalue weighted by atomic mass is 10.1. The van der Waals surface area contributed by atoms with E-state index in [1.165, 1.54) is 23.1 Å². The van der Waals surface area contributed by atoms with E-state index in [9.17, 15) is 20.0 Å². The number of phenolic OH excluding ortho intramolecular Hbond substituents is 1. The average Bonchev–Trinajstić information content (AvgIpc) is 2.70. The van der Waals surface area contributed by atoms with Crippen LogP contribution in [0.25, 0.3) is 6.08 Å². The number of thiocarbonyl (C=S) groups is 1. The van der Waals surface area contributed by atoms with Crippen LogP contribution in [0.15, 0.2) is 29.7 Å². The van der Waals surface area contributed by atoms with Crippen LogP contribution in [0, 0.1) is 10.1 Å². The summed E-state index contributed by atoms with van der Waals surface area (Å²) in [7, 11) is 0. The van der Waals surface area contributed by atoms with Crippen LogP contribution in [0.2, 0.25) is 5.02 Å². The summed E-state index contributed by atoms with van der Waals surface area (Å²) < 4.78 is 0.354. The number of amides is 1. The maximum Gasteiger partial charge on any atom is 0.312 e. The third-order valence-corrected chi connectivity index (χ3v) is 4.35. The number of nitro benzene ring substituents is 1. The molecular formula is C13H9ClN2O4S2. The molecule has 1 aromatic rings. The minimum Gasteiger partial charge on any atom is -0.502 e. The van der Waals surface area contributed by atoms with Crippen molar-refractivity contribution in [2.24, 2.45) is 0 Å². The molecule has 0 bridgehead atoms. The minimum absolute atomic E-state index is 0.0809. The van der Waals surface area contributed by atoms with Gasteiger partial charge in [-0.15, -0.1) is 6.58 Å². The van der Waals surface area contributed by atoms with Gasteiger partial charge >= 0.3 is 5.69 Å². The molecule has 0 aliphatic carbocycles. The second-order valence-electron chi connectivity index (χ2n) is 4.20. The predicted octanol–water partition coefficient (Wildman–Crippen LogP) is 3.34. The van der Waals surface area contributed by atoms with Gasteiger partial charge in [-0.25, -0.2) is 0 Å². The van der Waals surface area contributed by atoms with Gasteiger partial charge in [0.2, 0.25) is 5.75 Å². The van der Waals surface area contributed by atoms with Gasteiger partial charge in [0.25, 0.3) is 5.91 Å². The molecule has 1 saturated heterocycles. The van der Waals surface area contributed by atoms with Gasteiger partial charge < -0.3 is 5.11 Å². The summed E-state index contributed by atoms with van der Waals surface area (Å²) >= 11 is 11.9. The Morgan fingerprint density at radius 2 is 2.23 bits per heavy atom. The normalized spacial score (nSPS) is 16.4. The molecule has 1 aliphatic heterocycles. The lowest BCUT2D eigenvalue weighted by Gasteiger charge is -2.10. The molecular weight excluding hydrogens is 348 g/mol. The van der Waals surface area contributed by atoms with E-state index in [0.717, 1.165) is 17.8 Å². The van der Waals surface area contributed by atoms with Crippen molar-refractivity contribution >= 4 is 57.6 Å². The van der Waals surface area contributed by atoms with E-state index >= 15 is 0 Å². The van der Waals surface area contributed by atoms with E-state index in [4.69, 9.17) is 23.8 Å². The molecule has 22 heavy (non-hydrogen) atoms. The molecule has 2 rings (SSSR count). The fraction of sp³-hybridized carbons (Fsp3) is 0.0769. The number of phenols is 1. The highest BCUT2D eigenvalue weighted by molar-refractivity contribution is 8.26. The SMILES string of the molecule is C=CCN1C(=O)/C(=C\c2cc(Cl)cc([N+](=O)[O-])c2O)SC1=S. The molecule has 9 heteroatoms.